The number of piperidine rings is 1. The van der Waals surface area contributed by atoms with Crippen molar-refractivity contribution in [2.24, 2.45) is 0 Å². The zero-order valence-electron chi connectivity index (χ0n) is 19.4. The number of ether oxygens (including phenoxy) is 1. The van der Waals surface area contributed by atoms with Crippen LogP contribution >= 0.6 is 0 Å². The molecule has 0 unspecified atom stereocenters. The fourth-order valence-corrected chi connectivity index (χ4v) is 5.85. The zero-order valence-corrected chi connectivity index (χ0v) is 20.2. The minimum absolute atomic E-state index is 0.221. The van der Waals surface area contributed by atoms with E-state index in [1.165, 1.54) is 5.56 Å². The van der Waals surface area contributed by atoms with E-state index >= 15 is 0 Å². The Morgan fingerprint density at radius 2 is 1.62 bits per heavy atom. The van der Waals surface area contributed by atoms with E-state index in [4.69, 9.17) is 4.74 Å². The fourth-order valence-electron chi connectivity index (χ4n) is 4.34. The minimum Gasteiger partial charge on any atom is -0.450 e. The van der Waals surface area contributed by atoms with Crippen molar-refractivity contribution in [2.75, 3.05) is 19.7 Å². The Morgan fingerprint density at radius 1 is 0.941 bits per heavy atom. The van der Waals surface area contributed by atoms with Crippen LogP contribution in [0.3, 0.4) is 0 Å². The first-order valence-corrected chi connectivity index (χ1v) is 13.2. The summed E-state index contributed by atoms with van der Waals surface area (Å²) >= 11 is 0. The summed E-state index contributed by atoms with van der Waals surface area (Å²) in [6, 6.07) is 21.1. The van der Waals surface area contributed by atoms with Gasteiger partial charge in [0.15, 0.2) is 0 Å². The Morgan fingerprint density at radius 3 is 2.32 bits per heavy atom. The highest BCUT2D eigenvalue weighted by molar-refractivity contribution is 7.89. The van der Waals surface area contributed by atoms with Gasteiger partial charge in [-0.1, -0.05) is 60.7 Å². The third-order valence-corrected chi connectivity index (χ3v) is 7.67. The van der Waals surface area contributed by atoms with E-state index < -0.39 is 10.0 Å². The first-order valence-electron chi connectivity index (χ1n) is 11.7. The van der Waals surface area contributed by atoms with E-state index in [0.717, 1.165) is 17.5 Å². The van der Waals surface area contributed by atoms with E-state index in [1.807, 2.05) is 48.5 Å². The zero-order chi connectivity index (χ0) is 24.0. The summed E-state index contributed by atoms with van der Waals surface area (Å²) in [5.74, 6) is 0. The van der Waals surface area contributed by atoms with E-state index in [2.05, 4.69) is 22.2 Å². The van der Waals surface area contributed by atoms with Gasteiger partial charge >= 0.3 is 6.09 Å². The summed E-state index contributed by atoms with van der Waals surface area (Å²) in [7, 11) is -3.72. The van der Waals surface area contributed by atoms with Crippen LogP contribution in [0.2, 0.25) is 0 Å². The molecule has 0 spiro atoms. The van der Waals surface area contributed by atoms with Crippen molar-refractivity contribution in [1.82, 2.24) is 14.9 Å². The molecule has 1 aliphatic rings. The van der Waals surface area contributed by atoms with Gasteiger partial charge in [0.2, 0.25) is 10.0 Å². The van der Waals surface area contributed by atoms with Crippen LogP contribution in [-0.4, -0.2) is 45.1 Å². The Labute approximate surface area is 201 Å². The third kappa shape index (κ3) is 5.75. The Bertz CT molecular complexity index is 1220. The van der Waals surface area contributed by atoms with Gasteiger partial charge in [-0.15, -0.1) is 0 Å². The van der Waals surface area contributed by atoms with Crippen molar-refractivity contribution >= 4 is 26.9 Å². The maximum atomic E-state index is 13.3. The number of likely N-dealkylation sites (tertiary alicyclic amines) is 1. The van der Waals surface area contributed by atoms with E-state index in [1.54, 1.807) is 17.9 Å². The molecular weight excluding hydrogens is 450 g/mol. The molecule has 3 aromatic carbocycles. The maximum absolute atomic E-state index is 13.3. The lowest BCUT2D eigenvalue weighted by Crippen LogP contribution is -2.46. The smallest absolute Gasteiger partial charge is 0.409 e. The second kappa shape index (κ2) is 11.0. The molecule has 0 saturated carbocycles. The number of carbonyl (C=O) groups is 1. The summed E-state index contributed by atoms with van der Waals surface area (Å²) in [6.45, 7) is 4.41. The van der Waals surface area contributed by atoms with Crippen molar-refractivity contribution in [2.45, 2.75) is 43.8 Å². The van der Waals surface area contributed by atoms with Crippen LogP contribution in [0.5, 0.6) is 0 Å². The summed E-state index contributed by atoms with van der Waals surface area (Å²) in [5, 5.41) is 5.07. The lowest BCUT2D eigenvalue weighted by atomic mass is 10.0. The van der Waals surface area contributed by atoms with Crippen molar-refractivity contribution in [3.8, 4) is 0 Å². The second-order valence-electron chi connectivity index (χ2n) is 8.44. The van der Waals surface area contributed by atoms with Crippen molar-refractivity contribution in [3.05, 3.63) is 77.9 Å². The number of nitrogens with zero attached hydrogens (tertiary/aromatic N) is 1. The predicted octanol–water partition coefficient (Wildman–Crippen LogP) is 4.03. The molecule has 2 N–H and O–H groups in total. The first-order chi connectivity index (χ1) is 16.5. The van der Waals surface area contributed by atoms with E-state index in [0.29, 0.717) is 44.5 Å². The van der Waals surface area contributed by atoms with Crippen molar-refractivity contribution in [3.63, 3.8) is 0 Å². The summed E-state index contributed by atoms with van der Waals surface area (Å²) in [4.78, 5) is 13.8. The summed E-state index contributed by atoms with van der Waals surface area (Å²) in [6.07, 6.45) is 0.765. The topological polar surface area (TPSA) is 87.7 Å². The lowest BCUT2D eigenvalue weighted by molar-refractivity contribution is 0.0966. The molecule has 34 heavy (non-hydrogen) atoms. The molecule has 7 nitrogen and oxygen atoms in total. The molecule has 1 fully saturated rings. The second-order valence-corrected chi connectivity index (χ2v) is 10.1. The minimum atomic E-state index is -3.72. The first kappa shape index (κ1) is 24.2. The quantitative estimate of drug-likeness (QED) is 0.507. The molecule has 3 aromatic rings. The van der Waals surface area contributed by atoms with Gasteiger partial charge in [-0.05, 0) is 42.3 Å². The molecule has 1 saturated heterocycles. The van der Waals surface area contributed by atoms with Crippen LogP contribution in [0.15, 0.2) is 71.6 Å². The molecular formula is C26H31N3O4S. The van der Waals surface area contributed by atoms with Crippen LogP contribution in [0.1, 0.15) is 30.9 Å². The predicted molar refractivity (Wildman–Crippen MR) is 133 cm³/mol. The molecule has 0 bridgehead atoms. The maximum Gasteiger partial charge on any atom is 0.409 e. The molecule has 180 valence electrons. The van der Waals surface area contributed by atoms with Gasteiger partial charge in [-0.2, -0.15) is 0 Å². The third-order valence-electron chi connectivity index (χ3n) is 6.09. The molecule has 8 heteroatoms. The highest BCUT2D eigenvalue weighted by atomic mass is 32.2. The van der Waals surface area contributed by atoms with Crippen LogP contribution in [0.4, 0.5) is 4.79 Å². The average Bonchev–Trinajstić information content (AvgIpc) is 2.85. The number of carbonyl (C=O) groups excluding carboxylic acids is 1. The van der Waals surface area contributed by atoms with Crippen molar-refractivity contribution in [1.29, 1.82) is 0 Å². The van der Waals surface area contributed by atoms with E-state index in [9.17, 15) is 13.2 Å². The van der Waals surface area contributed by atoms with Gasteiger partial charge in [-0.3, -0.25) is 0 Å². The fraction of sp³-hybridized carbons (Fsp3) is 0.346. The monoisotopic (exact) mass is 481 g/mol. The van der Waals surface area contributed by atoms with Crippen LogP contribution < -0.4 is 10.0 Å². The van der Waals surface area contributed by atoms with Gasteiger partial charge in [0, 0.05) is 37.6 Å². The van der Waals surface area contributed by atoms with Crippen molar-refractivity contribution < 1.29 is 17.9 Å². The molecule has 0 aliphatic carbocycles. The highest BCUT2D eigenvalue weighted by Crippen LogP contribution is 2.27. The molecule has 1 heterocycles. The molecule has 1 amide bonds. The number of hydrogen-bond donors (Lipinski definition) is 2. The lowest BCUT2D eigenvalue weighted by Gasteiger charge is -2.31. The SMILES string of the molecule is CCOC(=O)N1CCC(NS(=O)(=O)c2ccc(CNCc3ccccc3)c3ccccc23)CC1. The summed E-state index contributed by atoms with van der Waals surface area (Å²) in [5.41, 5.74) is 2.25. The number of rotatable bonds is 8. The number of sulfonamides is 1. The summed E-state index contributed by atoms with van der Waals surface area (Å²) < 4.78 is 34.5. The normalized spacial score (nSPS) is 14.9. The van der Waals surface area contributed by atoms with Crippen LogP contribution in [-0.2, 0) is 27.8 Å². The Hall–Kier alpha value is -2.94. The van der Waals surface area contributed by atoms with Gasteiger partial charge in [0.25, 0.3) is 0 Å². The van der Waals surface area contributed by atoms with Crippen LogP contribution in [0, 0.1) is 0 Å². The Balaban J connectivity index is 1.46. The van der Waals surface area contributed by atoms with Gasteiger partial charge in [0.1, 0.15) is 0 Å². The van der Waals surface area contributed by atoms with Gasteiger partial charge < -0.3 is 15.0 Å². The molecule has 0 aromatic heterocycles. The number of fused-ring (bicyclic) bond motifs is 1. The van der Waals surface area contributed by atoms with Gasteiger partial charge in [-0.25, -0.2) is 17.9 Å². The van der Waals surface area contributed by atoms with Crippen LogP contribution in [0.25, 0.3) is 10.8 Å². The Kier molecular flexibility index (Phi) is 7.82. The largest absolute Gasteiger partial charge is 0.450 e. The highest BCUT2D eigenvalue weighted by Gasteiger charge is 2.28. The molecule has 0 radical (unpaired) electrons. The standard InChI is InChI=1S/C26H31N3O4S/c1-2-33-26(30)29-16-14-22(15-17-29)28-34(31,32)25-13-12-21(23-10-6-7-11-24(23)25)19-27-18-20-8-4-3-5-9-20/h3-13,22,27-28H,2,14-19H2,1H3. The number of amides is 1. The molecule has 1 aliphatic heterocycles. The van der Waals surface area contributed by atoms with Gasteiger partial charge in [0.05, 0.1) is 11.5 Å². The molecule has 0 atom stereocenters. The number of hydrogen-bond acceptors (Lipinski definition) is 5. The van der Waals surface area contributed by atoms with E-state index in [-0.39, 0.29) is 17.0 Å². The number of benzene rings is 3. The molecule has 4 rings (SSSR count). The average molecular weight is 482 g/mol. The number of nitrogens with one attached hydrogen (secondary N) is 2.